The summed E-state index contributed by atoms with van der Waals surface area (Å²) in [4.78, 5) is 36.0. The molecule has 7 heteroatoms. The minimum atomic E-state index is -0.380. The third kappa shape index (κ3) is 4.04. The summed E-state index contributed by atoms with van der Waals surface area (Å²) in [6.45, 7) is 0.337. The fourth-order valence-electron chi connectivity index (χ4n) is 3.37. The first kappa shape index (κ1) is 17.1. The molecule has 1 heterocycles. The van der Waals surface area contributed by atoms with E-state index in [1.165, 1.54) is 5.01 Å². The van der Waals surface area contributed by atoms with Gasteiger partial charge in [0, 0.05) is 18.9 Å². The van der Waals surface area contributed by atoms with Crippen molar-refractivity contribution in [1.29, 1.82) is 0 Å². The van der Waals surface area contributed by atoms with Gasteiger partial charge in [0.25, 0.3) is 5.91 Å². The van der Waals surface area contributed by atoms with Gasteiger partial charge in [-0.25, -0.2) is 5.01 Å². The molecule has 1 aliphatic heterocycles. The number of nitrogens with zero attached hydrogens (tertiary/aromatic N) is 2. The van der Waals surface area contributed by atoms with Crippen LogP contribution in [0, 0.1) is 5.92 Å². The van der Waals surface area contributed by atoms with Crippen molar-refractivity contribution in [1.82, 2.24) is 10.3 Å². The quantitative estimate of drug-likeness (QED) is 0.832. The van der Waals surface area contributed by atoms with Gasteiger partial charge in [-0.1, -0.05) is 36.8 Å². The number of hydrogen-bond donors (Lipinski definition) is 2. The summed E-state index contributed by atoms with van der Waals surface area (Å²) >= 11 is 0. The summed E-state index contributed by atoms with van der Waals surface area (Å²) < 4.78 is 0. The van der Waals surface area contributed by atoms with E-state index in [9.17, 15) is 14.4 Å². The number of hydrogen-bond acceptors (Lipinski definition) is 4. The highest BCUT2D eigenvalue weighted by Gasteiger charge is 2.34. The Labute approximate surface area is 146 Å². The molecule has 132 valence electrons. The average molecular weight is 342 g/mol. The van der Waals surface area contributed by atoms with Gasteiger partial charge in [-0.05, 0) is 18.4 Å². The Hall–Kier alpha value is -2.70. The molecule has 7 nitrogen and oxygen atoms in total. The molecule has 0 saturated heterocycles. The monoisotopic (exact) mass is 342 g/mol. The number of nitrogens with two attached hydrogens (primary N) is 1. The van der Waals surface area contributed by atoms with E-state index in [4.69, 9.17) is 5.73 Å². The van der Waals surface area contributed by atoms with Gasteiger partial charge in [0.15, 0.2) is 0 Å². The van der Waals surface area contributed by atoms with Crippen molar-refractivity contribution < 1.29 is 14.4 Å². The number of rotatable bonds is 5. The number of primary amides is 1. The van der Waals surface area contributed by atoms with Crippen molar-refractivity contribution in [3.8, 4) is 0 Å². The van der Waals surface area contributed by atoms with Crippen LogP contribution in [0.4, 0.5) is 0 Å². The van der Waals surface area contributed by atoms with Gasteiger partial charge in [0.1, 0.15) is 5.71 Å². The second kappa shape index (κ2) is 7.46. The van der Waals surface area contributed by atoms with Gasteiger partial charge in [0.2, 0.25) is 11.8 Å². The van der Waals surface area contributed by atoms with Gasteiger partial charge in [-0.15, -0.1) is 0 Å². The van der Waals surface area contributed by atoms with Crippen molar-refractivity contribution in [2.75, 3.05) is 0 Å². The lowest BCUT2D eigenvalue weighted by Gasteiger charge is -2.24. The molecule has 1 fully saturated rings. The van der Waals surface area contributed by atoms with Crippen molar-refractivity contribution in [2.24, 2.45) is 16.8 Å². The van der Waals surface area contributed by atoms with Gasteiger partial charge in [0.05, 0.1) is 12.5 Å². The van der Waals surface area contributed by atoms with E-state index in [1.807, 2.05) is 30.3 Å². The first-order valence-corrected chi connectivity index (χ1v) is 8.56. The highest BCUT2D eigenvalue weighted by Crippen LogP contribution is 2.25. The number of amides is 3. The number of carbonyl (C=O) groups is 3. The molecule has 25 heavy (non-hydrogen) atoms. The predicted molar refractivity (Wildman–Crippen MR) is 92.1 cm³/mol. The summed E-state index contributed by atoms with van der Waals surface area (Å²) in [5.41, 5.74) is 6.67. The van der Waals surface area contributed by atoms with Crippen LogP contribution in [0.15, 0.2) is 35.4 Å². The third-order valence-electron chi connectivity index (χ3n) is 4.74. The van der Waals surface area contributed by atoms with E-state index in [-0.39, 0.29) is 36.1 Å². The first-order valence-electron chi connectivity index (χ1n) is 8.56. The molecule has 2 atom stereocenters. The third-order valence-corrected chi connectivity index (χ3v) is 4.74. The lowest BCUT2D eigenvalue weighted by atomic mass is 10.0. The van der Waals surface area contributed by atoms with Crippen LogP contribution in [-0.4, -0.2) is 34.5 Å². The molecular weight excluding hydrogens is 320 g/mol. The molecule has 1 aliphatic carbocycles. The summed E-state index contributed by atoms with van der Waals surface area (Å²) in [5.74, 6) is -1.12. The molecule has 1 aromatic carbocycles. The lowest BCUT2D eigenvalue weighted by Crippen LogP contribution is -2.46. The van der Waals surface area contributed by atoms with Gasteiger partial charge in [-0.2, -0.15) is 5.10 Å². The van der Waals surface area contributed by atoms with E-state index >= 15 is 0 Å². The molecule has 2 unspecified atom stereocenters. The Balaban J connectivity index is 1.68. The Morgan fingerprint density at radius 2 is 1.96 bits per heavy atom. The van der Waals surface area contributed by atoms with E-state index < -0.39 is 0 Å². The standard InChI is InChI=1S/C18H22N4O3/c19-17(24)13-7-4-8-14(13)20-18(25)15-9-10-16(23)22(21-15)11-12-5-2-1-3-6-12/h1-3,5-6,13-14H,4,7-11H2,(H2,19,24)(H,20,25). The molecule has 2 aliphatic rings. The number of nitrogens with one attached hydrogen (secondary N) is 1. The van der Waals surface area contributed by atoms with Gasteiger partial charge >= 0.3 is 0 Å². The highest BCUT2D eigenvalue weighted by atomic mass is 16.2. The molecule has 1 saturated carbocycles. The van der Waals surface area contributed by atoms with Gasteiger partial charge in [-0.3, -0.25) is 14.4 Å². The average Bonchev–Trinajstić information content (AvgIpc) is 3.06. The van der Waals surface area contributed by atoms with Crippen LogP contribution in [0.3, 0.4) is 0 Å². The molecule has 0 radical (unpaired) electrons. The van der Waals surface area contributed by atoms with Gasteiger partial charge < -0.3 is 11.1 Å². The molecule has 3 rings (SSSR count). The smallest absolute Gasteiger partial charge is 0.267 e. The maximum atomic E-state index is 12.5. The number of hydrazone groups is 1. The minimum Gasteiger partial charge on any atom is -0.369 e. The zero-order chi connectivity index (χ0) is 17.8. The predicted octanol–water partition coefficient (Wildman–Crippen LogP) is 0.935. The zero-order valence-corrected chi connectivity index (χ0v) is 14.0. The fourth-order valence-corrected chi connectivity index (χ4v) is 3.37. The Kier molecular flexibility index (Phi) is 5.11. The van der Waals surface area contributed by atoms with Crippen LogP contribution < -0.4 is 11.1 Å². The summed E-state index contributed by atoms with van der Waals surface area (Å²) in [6.07, 6.45) is 2.86. The minimum absolute atomic E-state index is 0.101. The fraction of sp³-hybridized carbons (Fsp3) is 0.444. The second-order valence-electron chi connectivity index (χ2n) is 6.50. The Morgan fingerprint density at radius 3 is 2.68 bits per heavy atom. The maximum absolute atomic E-state index is 12.5. The first-order chi connectivity index (χ1) is 12.0. The van der Waals surface area contributed by atoms with Crippen molar-refractivity contribution in [3.05, 3.63) is 35.9 Å². The largest absolute Gasteiger partial charge is 0.369 e. The summed E-state index contributed by atoms with van der Waals surface area (Å²) in [5, 5.41) is 8.45. The molecule has 1 aromatic rings. The molecule has 3 amide bonds. The molecule has 0 aromatic heterocycles. The van der Waals surface area contributed by atoms with Crippen molar-refractivity contribution in [2.45, 2.75) is 44.7 Å². The second-order valence-corrected chi connectivity index (χ2v) is 6.50. The highest BCUT2D eigenvalue weighted by molar-refractivity contribution is 6.39. The molecule has 0 bridgehead atoms. The van der Waals surface area contributed by atoms with Crippen molar-refractivity contribution >= 4 is 23.4 Å². The van der Waals surface area contributed by atoms with E-state index in [1.54, 1.807) is 0 Å². The van der Waals surface area contributed by atoms with E-state index in [0.29, 0.717) is 25.1 Å². The van der Waals surface area contributed by atoms with Crippen LogP contribution in [0.25, 0.3) is 0 Å². The number of carbonyl (C=O) groups excluding carboxylic acids is 3. The maximum Gasteiger partial charge on any atom is 0.267 e. The lowest BCUT2D eigenvalue weighted by molar-refractivity contribution is -0.132. The topological polar surface area (TPSA) is 105 Å². The van der Waals surface area contributed by atoms with Crippen LogP contribution in [-0.2, 0) is 20.9 Å². The SMILES string of the molecule is NC(=O)C1CCCC1NC(=O)C1=NN(Cc2ccccc2)C(=O)CC1. The summed E-state index contributed by atoms with van der Waals surface area (Å²) in [6, 6.07) is 9.27. The van der Waals surface area contributed by atoms with Crippen LogP contribution in [0.1, 0.15) is 37.7 Å². The zero-order valence-electron chi connectivity index (χ0n) is 14.0. The van der Waals surface area contributed by atoms with E-state index in [0.717, 1.165) is 18.4 Å². The molecular formula is C18H22N4O3. The van der Waals surface area contributed by atoms with E-state index in [2.05, 4.69) is 10.4 Å². The number of benzene rings is 1. The van der Waals surface area contributed by atoms with Crippen LogP contribution >= 0.6 is 0 Å². The van der Waals surface area contributed by atoms with Crippen LogP contribution in [0.2, 0.25) is 0 Å². The normalized spacial score (nSPS) is 23.3. The summed E-state index contributed by atoms with van der Waals surface area (Å²) in [7, 11) is 0. The van der Waals surface area contributed by atoms with Crippen molar-refractivity contribution in [3.63, 3.8) is 0 Å². The Morgan fingerprint density at radius 1 is 1.20 bits per heavy atom. The molecule has 0 spiro atoms. The van der Waals surface area contributed by atoms with Crippen LogP contribution in [0.5, 0.6) is 0 Å². The Bertz CT molecular complexity index is 702. The molecule has 3 N–H and O–H groups in total.